The molecule has 2 rings (SSSR count). The van der Waals surface area contributed by atoms with Gasteiger partial charge in [0.2, 0.25) is 0 Å². The predicted octanol–water partition coefficient (Wildman–Crippen LogP) is 0.509. The largest absolute Gasteiger partial charge is 0.395 e. The van der Waals surface area contributed by atoms with Crippen LogP contribution in [0.5, 0.6) is 0 Å². The van der Waals surface area contributed by atoms with E-state index in [-0.39, 0.29) is 0 Å². The molecule has 1 aliphatic carbocycles. The first-order chi connectivity index (χ1) is 4.90. The molecule has 1 saturated heterocycles. The highest BCUT2D eigenvalue weighted by atomic mass is 16.3. The van der Waals surface area contributed by atoms with Gasteiger partial charge in [0.15, 0.2) is 0 Å². The molecule has 0 bridgehead atoms. The summed E-state index contributed by atoms with van der Waals surface area (Å²) in [6.07, 6.45) is 5.32. The zero-order valence-electron chi connectivity index (χ0n) is 6.21. The van der Waals surface area contributed by atoms with Crippen LogP contribution in [-0.4, -0.2) is 23.8 Å². The second-order valence-electron chi connectivity index (χ2n) is 3.58. The fourth-order valence-electron chi connectivity index (χ4n) is 2.40. The van der Waals surface area contributed by atoms with Crippen LogP contribution in [0, 0.1) is 5.92 Å². The lowest BCUT2D eigenvalue weighted by atomic mass is 10.0. The lowest BCUT2D eigenvalue weighted by Gasteiger charge is -2.08. The summed E-state index contributed by atoms with van der Waals surface area (Å²) < 4.78 is 0. The Morgan fingerprint density at radius 3 is 3.00 bits per heavy atom. The maximum absolute atomic E-state index is 8.86. The van der Waals surface area contributed by atoms with Crippen LogP contribution in [0.2, 0.25) is 0 Å². The van der Waals surface area contributed by atoms with E-state index < -0.39 is 0 Å². The lowest BCUT2D eigenvalue weighted by Crippen LogP contribution is -2.31. The van der Waals surface area contributed by atoms with Crippen LogP contribution in [-0.2, 0) is 0 Å². The molecule has 58 valence electrons. The molecular formula is C8H15NO. The molecule has 2 nitrogen and oxygen atoms in total. The summed E-state index contributed by atoms with van der Waals surface area (Å²) in [5.41, 5.74) is 0. The van der Waals surface area contributed by atoms with Crippen LogP contribution >= 0.6 is 0 Å². The van der Waals surface area contributed by atoms with Gasteiger partial charge in [-0.3, -0.25) is 0 Å². The minimum absolute atomic E-state index is 0.326. The van der Waals surface area contributed by atoms with Gasteiger partial charge in [-0.05, 0) is 25.2 Å². The molecule has 1 aliphatic heterocycles. The van der Waals surface area contributed by atoms with Gasteiger partial charge < -0.3 is 10.4 Å². The molecule has 1 saturated carbocycles. The minimum Gasteiger partial charge on any atom is -0.395 e. The van der Waals surface area contributed by atoms with E-state index in [0.29, 0.717) is 12.6 Å². The number of nitrogens with one attached hydrogen (secondary N) is 1. The van der Waals surface area contributed by atoms with Crippen molar-refractivity contribution in [3.8, 4) is 0 Å². The monoisotopic (exact) mass is 141 g/mol. The number of hydrogen-bond donors (Lipinski definition) is 2. The molecule has 2 fully saturated rings. The molecule has 0 spiro atoms. The minimum atomic E-state index is 0.326. The Morgan fingerprint density at radius 2 is 2.30 bits per heavy atom. The van der Waals surface area contributed by atoms with Crippen LogP contribution < -0.4 is 5.32 Å². The molecule has 1 heterocycles. The summed E-state index contributed by atoms with van der Waals surface area (Å²) in [4.78, 5) is 0. The van der Waals surface area contributed by atoms with Crippen molar-refractivity contribution < 1.29 is 5.11 Å². The third kappa shape index (κ3) is 0.956. The van der Waals surface area contributed by atoms with E-state index in [4.69, 9.17) is 5.11 Å². The Morgan fingerprint density at radius 1 is 1.40 bits per heavy atom. The molecule has 2 aliphatic rings. The lowest BCUT2D eigenvalue weighted by molar-refractivity contribution is 0.248. The third-order valence-electron chi connectivity index (χ3n) is 2.92. The molecule has 0 aromatic heterocycles. The smallest absolute Gasteiger partial charge is 0.0584 e. The Labute approximate surface area is 61.6 Å². The molecular weight excluding hydrogens is 126 g/mol. The Bertz CT molecular complexity index is 114. The highest BCUT2D eigenvalue weighted by molar-refractivity contribution is 4.93. The van der Waals surface area contributed by atoms with Crippen LogP contribution in [0.1, 0.15) is 25.7 Å². The zero-order valence-corrected chi connectivity index (χ0v) is 6.21. The van der Waals surface area contributed by atoms with E-state index in [0.717, 1.165) is 12.0 Å². The second kappa shape index (κ2) is 2.51. The van der Waals surface area contributed by atoms with Gasteiger partial charge in [0.25, 0.3) is 0 Å². The Hall–Kier alpha value is -0.0800. The third-order valence-corrected chi connectivity index (χ3v) is 2.92. The van der Waals surface area contributed by atoms with Crippen LogP contribution in [0.25, 0.3) is 0 Å². The molecule has 0 amide bonds. The van der Waals surface area contributed by atoms with E-state index in [1.165, 1.54) is 25.7 Å². The van der Waals surface area contributed by atoms with Crippen LogP contribution in [0.4, 0.5) is 0 Å². The van der Waals surface area contributed by atoms with Gasteiger partial charge >= 0.3 is 0 Å². The molecule has 10 heavy (non-hydrogen) atoms. The number of rotatable bonds is 1. The fourth-order valence-corrected chi connectivity index (χ4v) is 2.40. The van der Waals surface area contributed by atoms with Crippen LogP contribution in [0.3, 0.4) is 0 Å². The van der Waals surface area contributed by atoms with Gasteiger partial charge in [0, 0.05) is 12.1 Å². The summed E-state index contributed by atoms with van der Waals surface area (Å²) in [6.45, 7) is 0.326. The van der Waals surface area contributed by atoms with Crippen molar-refractivity contribution in [2.75, 3.05) is 6.61 Å². The quantitative estimate of drug-likeness (QED) is 0.557. The van der Waals surface area contributed by atoms with Gasteiger partial charge in [-0.1, -0.05) is 6.42 Å². The summed E-state index contributed by atoms with van der Waals surface area (Å²) in [5.74, 6) is 0.886. The number of aliphatic hydroxyl groups is 1. The van der Waals surface area contributed by atoms with Crippen molar-refractivity contribution >= 4 is 0 Å². The average molecular weight is 141 g/mol. The topological polar surface area (TPSA) is 32.3 Å². The molecule has 3 atom stereocenters. The molecule has 0 radical (unpaired) electrons. The predicted molar refractivity (Wildman–Crippen MR) is 39.8 cm³/mol. The van der Waals surface area contributed by atoms with Gasteiger partial charge in [-0.15, -0.1) is 0 Å². The first kappa shape index (κ1) is 6.62. The maximum Gasteiger partial charge on any atom is 0.0584 e. The average Bonchev–Trinajstić information content (AvgIpc) is 2.42. The normalized spacial score (nSPS) is 45.9. The Balaban J connectivity index is 1.94. The molecule has 0 unspecified atom stereocenters. The first-order valence-electron chi connectivity index (χ1n) is 4.27. The molecule has 0 aromatic rings. The maximum atomic E-state index is 8.86. The molecule has 2 N–H and O–H groups in total. The fraction of sp³-hybridized carbons (Fsp3) is 1.00. The summed E-state index contributed by atoms with van der Waals surface area (Å²) in [5, 5.41) is 12.3. The van der Waals surface area contributed by atoms with E-state index in [1.54, 1.807) is 0 Å². The molecule has 2 heteroatoms. The van der Waals surface area contributed by atoms with Gasteiger partial charge in [0.05, 0.1) is 6.61 Å². The van der Waals surface area contributed by atoms with Crippen molar-refractivity contribution in [2.24, 2.45) is 5.92 Å². The summed E-state index contributed by atoms with van der Waals surface area (Å²) in [7, 11) is 0. The number of fused-ring (bicyclic) bond motifs is 1. The summed E-state index contributed by atoms with van der Waals surface area (Å²) >= 11 is 0. The van der Waals surface area contributed by atoms with Gasteiger partial charge in [-0.2, -0.15) is 0 Å². The highest BCUT2D eigenvalue weighted by Crippen LogP contribution is 2.34. The van der Waals surface area contributed by atoms with Crippen molar-refractivity contribution in [3.63, 3.8) is 0 Å². The van der Waals surface area contributed by atoms with Crippen LogP contribution in [0.15, 0.2) is 0 Å². The highest BCUT2D eigenvalue weighted by Gasteiger charge is 2.35. The molecule has 0 aromatic carbocycles. The van der Waals surface area contributed by atoms with Crippen molar-refractivity contribution in [3.05, 3.63) is 0 Å². The van der Waals surface area contributed by atoms with E-state index in [2.05, 4.69) is 5.32 Å². The van der Waals surface area contributed by atoms with Crippen molar-refractivity contribution in [1.29, 1.82) is 0 Å². The SMILES string of the molecule is OC[C@H]1C[C@H]2CCC[C@H]2N1. The Kier molecular flexibility index (Phi) is 1.66. The summed E-state index contributed by atoms with van der Waals surface area (Å²) in [6, 6.07) is 1.16. The van der Waals surface area contributed by atoms with Gasteiger partial charge in [0.1, 0.15) is 0 Å². The number of aliphatic hydroxyl groups excluding tert-OH is 1. The standard InChI is InChI=1S/C8H15NO/c10-5-7-4-6-2-1-3-8(6)9-7/h6-10H,1-5H2/t6-,7-,8-/m1/s1. The van der Waals surface area contributed by atoms with Crippen molar-refractivity contribution in [2.45, 2.75) is 37.8 Å². The second-order valence-corrected chi connectivity index (χ2v) is 3.58. The number of hydrogen-bond acceptors (Lipinski definition) is 2. The zero-order chi connectivity index (χ0) is 6.97. The van der Waals surface area contributed by atoms with Gasteiger partial charge in [-0.25, -0.2) is 0 Å². The first-order valence-corrected chi connectivity index (χ1v) is 4.27. The van der Waals surface area contributed by atoms with E-state index >= 15 is 0 Å². The van der Waals surface area contributed by atoms with E-state index in [1.807, 2.05) is 0 Å². The van der Waals surface area contributed by atoms with E-state index in [9.17, 15) is 0 Å². The van der Waals surface area contributed by atoms with Crippen molar-refractivity contribution in [1.82, 2.24) is 5.32 Å².